The first-order valence-electron chi connectivity index (χ1n) is 6.81. The van der Waals surface area contributed by atoms with Crippen LogP contribution in [0.15, 0.2) is 24.3 Å². The SMILES string of the molecule is CCN(Cc1ccccc1Cl)C(=O)CCCC(C)N. The molecule has 0 saturated carbocycles. The van der Waals surface area contributed by atoms with Crippen molar-refractivity contribution in [2.75, 3.05) is 6.54 Å². The summed E-state index contributed by atoms with van der Waals surface area (Å²) in [5.41, 5.74) is 6.68. The molecule has 106 valence electrons. The van der Waals surface area contributed by atoms with Crippen LogP contribution < -0.4 is 5.73 Å². The van der Waals surface area contributed by atoms with Gasteiger partial charge in [-0.25, -0.2) is 0 Å². The minimum absolute atomic E-state index is 0.159. The van der Waals surface area contributed by atoms with E-state index in [9.17, 15) is 4.79 Å². The summed E-state index contributed by atoms with van der Waals surface area (Å²) in [5.74, 6) is 0.170. The molecule has 0 radical (unpaired) electrons. The first-order chi connectivity index (χ1) is 9.04. The second-order valence-electron chi connectivity index (χ2n) is 4.87. The summed E-state index contributed by atoms with van der Waals surface area (Å²) in [6.45, 7) is 5.22. The molecule has 0 heterocycles. The average Bonchev–Trinajstić information content (AvgIpc) is 2.37. The minimum atomic E-state index is 0.159. The number of hydrogen-bond acceptors (Lipinski definition) is 2. The first kappa shape index (κ1) is 16.0. The zero-order chi connectivity index (χ0) is 14.3. The zero-order valence-electron chi connectivity index (χ0n) is 11.7. The van der Waals surface area contributed by atoms with Crippen molar-refractivity contribution in [1.82, 2.24) is 4.90 Å². The number of carbonyl (C=O) groups excluding carboxylic acids is 1. The number of amides is 1. The summed E-state index contributed by atoms with van der Waals surface area (Å²) in [5, 5.41) is 0.712. The van der Waals surface area contributed by atoms with Gasteiger partial charge in [-0.05, 0) is 38.3 Å². The molecule has 3 nitrogen and oxygen atoms in total. The van der Waals surface area contributed by atoms with Crippen molar-refractivity contribution < 1.29 is 4.79 Å². The third-order valence-electron chi connectivity index (χ3n) is 3.10. The molecular weight excluding hydrogens is 260 g/mol. The van der Waals surface area contributed by atoms with Gasteiger partial charge in [0.2, 0.25) is 5.91 Å². The third-order valence-corrected chi connectivity index (χ3v) is 3.47. The standard InChI is InChI=1S/C15H23ClN2O/c1-3-18(15(19)10-6-7-12(2)17)11-13-8-4-5-9-14(13)16/h4-5,8-9,12H,3,6-7,10-11,17H2,1-2H3. The van der Waals surface area contributed by atoms with E-state index in [0.717, 1.165) is 18.4 Å². The molecule has 1 rings (SSSR count). The van der Waals surface area contributed by atoms with Crippen LogP contribution in [0.2, 0.25) is 5.02 Å². The fourth-order valence-electron chi connectivity index (χ4n) is 1.94. The lowest BCUT2D eigenvalue weighted by atomic mass is 10.1. The van der Waals surface area contributed by atoms with E-state index in [0.29, 0.717) is 24.5 Å². The van der Waals surface area contributed by atoms with Gasteiger partial charge in [0.05, 0.1) is 0 Å². The Kier molecular flexibility index (Phi) is 6.89. The lowest BCUT2D eigenvalue weighted by Gasteiger charge is -2.21. The highest BCUT2D eigenvalue weighted by molar-refractivity contribution is 6.31. The van der Waals surface area contributed by atoms with Gasteiger partial charge in [0, 0.05) is 30.6 Å². The molecule has 1 aromatic carbocycles. The van der Waals surface area contributed by atoms with Crippen molar-refractivity contribution >= 4 is 17.5 Å². The molecule has 0 spiro atoms. The van der Waals surface area contributed by atoms with Crippen molar-refractivity contribution in [1.29, 1.82) is 0 Å². The Morgan fingerprint density at radius 3 is 2.68 bits per heavy atom. The lowest BCUT2D eigenvalue weighted by molar-refractivity contribution is -0.131. The van der Waals surface area contributed by atoms with Crippen molar-refractivity contribution in [3.05, 3.63) is 34.9 Å². The van der Waals surface area contributed by atoms with E-state index in [1.807, 2.05) is 43.0 Å². The number of hydrogen-bond donors (Lipinski definition) is 1. The highest BCUT2D eigenvalue weighted by Gasteiger charge is 2.13. The molecule has 0 aliphatic rings. The van der Waals surface area contributed by atoms with E-state index in [2.05, 4.69) is 0 Å². The molecule has 0 saturated heterocycles. The normalized spacial score (nSPS) is 12.2. The number of nitrogens with zero attached hydrogens (tertiary/aromatic N) is 1. The number of rotatable bonds is 7. The van der Waals surface area contributed by atoms with E-state index in [4.69, 9.17) is 17.3 Å². The summed E-state index contributed by atoms with van der Waals surface area (Å²) in [6.07, 6.45) is 2.28. The predicted octanol–water partition coefficient (Wildman–Crippen LogP) is 3.21. The van der Waals surface area contributed by atoms with Gasteiger partial charge in [0.15, 0.2) is 0 Å². The molecule has 0 aliphatic carbocycles. The Labute approximate surface area is 120 Å². The van der Waals surface area contributed by atoms with Gasteiger partial charge in [-0.2, -0.15) is 0 Å². The van der Waals surface area contributed by atoms with E-state index in [-0.39, 0.29) is 11.9 Å². The van der Waals surface area contributed by atoms with Gasteiger partial charge in [0.1, 0.15) is 0 Å². The molecule has 1 atom stereocenters. The summed E-state index contributed by atoms with van der Waals surface area (Å²) in [7, 11) is 0. The zero-order valence-corrected chi connectivity index (χ0v) is 12.5. The molecule has 0 aromatic heterocycles. The van der Waals surface area contributed by atoms with E-state index in [1.54, 1.807) is 0 Å². The predicted molar refractivity (Wildman–Crippen MR) is 80.0 cm³/mol. The van der Waals surface area contributed by atoms with Crippen LogP contribution >= 0.6 is 11.6 Å². The van der Waals surface area contributed by atoms with Crippen molar-refractivity contribution in [3.63, 3.8) is 0 Å². The maximum atomic E-state index is 12.1. The molecule has 1 aromatic rings. The van der Waals surface area contributed by atoms with E-state index >= 15 is 0 Å². The summed E-state index contributed by atoms with van der Waals surface area (Å²) >= 11 is 6.12. The number of nitrogens with two attached hydrogens (primary N) is 1. The molecule has 19 heavy (non-hydrogen) atoms. The molecule has 1 amide bonds. The highest BCUT2D eigenvalue weighted by atomic mass is 35.5. The van der Waals surface area contributed by atoms with Crippen LogP contribution in [0.1, 0.15) is 38.7 Å². The number of carbonyl (C=O) groups is 1. The van der Waals surface area contributed by atoms with Crippen LogP contribution in [-0.4, -0.2) is 23.4 Å². The Balaban J connectivity index is 2.53. The van der Waals surface area contributed by atoms with Crippen LogP contribution in [0.4, 0.5) is 0 Å². The molecule has 0 aliphatic heterocycles. The van der Waals surface area contributed by atoms with E-state index < -0.39 is 0 Å². The maximum absolute atomic E-state index is 12.1. The molecule has 1 unspecified atom stereocenters. The van der Waals surface area contributed by atoms with Crippen LogP contribution in [0, 0.1) is 0 Å². The number of benzene rings is 1. The monoisotopic (exact) mass is 282 g/mol. The van der Waals surface area contributed by atoms with Crippen LogP contribution in [0.25, 0.3) is 0 Å². The first-order valence-corrected chi connectivity index (χ1v) is 7.19. The molecular formula is C15H23ClN2O. The molecule has 0 bridgehead atoms. The fraction of sp³-hybridized carbons (Fsp3) is 0.533. The lowest BCUT2D eigenvalue weighted by Crippen LogP contribution is -2.30. The minimum Gasteiger partial charge on any atom is -0.339 e. The van der Waals surface area contributed by atoms with Crippen molar-refractivity contribution in [2.24, 2.45) is 5.73 Å². The Bertz CT molecular complexity index is 407. The van der Waals surface area contributed by atoms with Crippen LogP contribution in [0.3, 0.4) is 0 Å². The van der Waals surface area contributed by atoms with Gasteiger partial charge < -0.3 is 10.6 Å². The van der Waals surface area contributed by atoms with Gasteiger partial charge in [-0.15, -0.1) is 0 Å². The van der Waals surface area contributed by atoms with Crippen LogP contribution in [-0.2, 0) is 11.3 Å². The third kappa shape index (κ3) is 5.62. The topological polar surface area (TPSA) is 46.3 Å². The second kappa shape index (κ2) is 8.18. The Morgan fingerprint density at radius 2 is 2.11 bits per heavy atom. The smallest absolute Gasteiger partial charge is 0.222 e. The molecule has 2 N–H and O–H groups in total. The second-order valence-corrected chi connectivity index (χ2v) is 5.28. The summed E-state index contributed by atoms with van der Waals surface area (Å²) in [6, 6.07) is 7.81. The van der Waals surface area contributed by atoms with Crippen molar-refractivity contribution in [3.8, 4) is 0 Å². The average molecular weight is 283 g/mol. The quantitative estimate of drug-likeness (QED) is 0.835. The molecule has 0 fully saturated rings. The Morgan fingerprint density at radius 1 is 1.42 bits per heavy atom. The summed E-state index contributed by atoms with van der Waals surface area (Å²) < 4.78 is 0. The Hall–Kier alpha value is -1.06. The van der Waals surface area contributed by atoms with Gasteiger partial charge in [-0.3, -0.25) is 4.79 Å². The molecule has 4 heteroatoms. The van der Waals surface area contributed by atoms with Gasteiger partial charge >= 0.3 is 0 Å². The number of halogens is 1. The van der Waals surface area contributed by atoms with Crippen LogP contribution in [0.5, 0.6) is 0 Å². The largest absolute Gasteiger partial charge is 0.339 e. The maximum Gasteiger partial charge on any atom is 0.222 e. The highest BCUT2D eigenvalue weighted by Crippen LogP contribution is 2.17. The fourth-order valence-corrected chi connectivity index (χ4v) is 2.14. The van der Waals surface area contributed by atoms with Gasteiger partial charge in [-0.1, -0.05) is 29.8 Å². The van der Waals surface area contributed by atoms with Crippen molar-refractivity contribution in [2.45, 2.75) is 45.7 Å². The van der Waals surface area contributed by atoms with E-state index in [1.165, 1.54) is 0 Å². The summed E-state index contributed by atoms with van der Waals surface area (Å²) in [4.78, 5) is 13.9. The van der Waals surface area contributed by atoms with Gasteiger partial charge in [0.25, 0.3) is 0 Å².